The maximum atomic E-state index is 5.38. The molecule has 1 N–H and O–H groups in total. The molecule has 0 aromatic heterocycles. The summed E-state index contributed by atoms with van der Waals surface area (Å²) in [4.78, 5) is 2.47. The average molecular weight is 228 g/mol. The first kappa shape index (κ1) is 15.5. The molecule has 0 bridgehead atoms. The van der Waals surface area contributed by atoms with Gasteiger partial charge in [-0.25, -0.2) is 0 Å². The molecule has 0 spiro atoms. The van der Waals surface area contributed by atoms with Crippen LogP contribution in [0.15, 0.2) is 11.8 Å². The Morgan fingerprint density at radius 3 is 2.62 bits per heavy atom. The van der Waals surface area contributed by atoms with Crippen molar-refractivity contribution in [3.63, 3.8) is 0 Å². The van der Waals surface area contributed by atoms with Crippen LogP contribution in [0.4, 0.5) is 0 Å². The summed E-state index contributed by atoms with van der Waals surface area (Å²) >= 11 is 0. The molecule has 0 amide bonds. The molecule has 0 radical (unpaired) electrons. The number of nitrogens with one attached hydrogen (secondary N) is 1. The fraction of sp³-hybridized carbons (Fsp3) is 0.846. The summed E-state index contributed by atoms with van der Waals surface area (Å²) in [5.74, 6) is 1.06. The van der Waals surface area contributed by atoms with Gasteiger partial charge in [0, 0.05) is 13.1 Å². The average Bonchev–Trinajstić information content (AvgIpc) is 2.28. The second kappa shape index (κ2) is 11.0. The van der Waals surface area contributed by atoms with E-state index in [9.17, 15) is 0 Å². The zero-order valence-corrected chi connectivity index (χ0v) is 11.4. The second-order valence-electron chi connectivity index (χ2n) is 3.93. The number of likely N-dealkylation sites (N-methyl/N-ethyl adjacent to an activating group) is 2. The third-order valence-corrected chi connectivity index (χ3v) is 2.61. The predicted molar refractivity (Wildman–Crippen MR) is 70.7 cm³/mol. The molecule has 3 heteroatoms. The molecule has 0 heterocycles. The molecule has 0 atom stereocenters. The first-order valence-electron chi connectivity index (χ1n) is 6.41. The lowest BCUT2D eigenvalue weighted by atomic mass is 10.2. The lowest BCUT2D eigenvalue weighted by molar-refractivity contribution is 0.229. The van der Waals surface area contributed by atoms with E-state index in [0.29, 0.717) is 0 Å². The summed E-state index contributed by atoms with van der Waals surface area (Å²) in [5, 5.41) is 3.18. The fourth-order valence-electron chi connectivity index (χ4n) is 1.60. The van der Waals surface area contributed by atoms with Crippen molar-refractivity contribution < 1.29 is 4.74 Å². The van der Waals surface area contributed by atoms with Gasteiger partial charge in [0.2, 0.25) is 0 Å². The van der Waals surface area contributed by atoms with E-state index in [2.05, 4.69) is 23.2 Å². The Balaban J connectivity index is 3.57. The Labute approximate surface area is 101 Å². The van der Waals surface area contributed by atoms with Gasteiger partial charge in [-0.1, -0.05) is 6.92 Å². The monoisotopic (exact) mass is 228 g/mol. The van der Waals surface area contributed by atoms with Gasteiger partial charge < -0.3 is 15.0 Å². The van der Waals surface area contributed by atoms with E-state index in [1.165, 1.54) is 13.0 Å². The molecule has 0 saturated carbocycles. The molecule has 96 valence electrons. The highest BCUT2D eigenvalue weighted by Gasteiger charge is 1.99. The Morgan fingerprint density at radius 1 is 1.31 bits per heavy atom. The summed E-state index contributed by atoms with van der Waals surface area (Å²) in [7, 11) is 2.00. The molecule has 0 aliphatic rings. The quantitative estimate of drug-likeness (QED) is 0.458. The molecule has 0 rings (SSSR count). The molecule has 0 fully saturated rings. The van der Waals surface area contributed by atoms with E-state index in [0.717, 1.165) is 38.4 Å². The molecular weight excluding hydrogens is 200 g/mol. The molecule has 0 saturated heterocycles. The third-order valence-electron chi connectivity index (χ3n) is 2.61. The van der Waals surface area contributed by atoms with Crippen molar-refractivity contribution in [2.45, 2.75) is 33.6 Å². The van der Waals surface area contributed by atoms with Crippen LogP contribution in [0.1, 0.15) is 33.6 Å². The highest BCUT2D eigenvalue weighted by molar-refractivity contribution is 4.88. The van der Waals surface area contributed by atoms with Crippen molar-refractivity contribution in [1.82, 2.24) is 10.2 Å². The topological polar surface area (TPSA) is 24.5 Å². The lowest BCUT2D eigenvalue weighted by Gasteiger charge is -2.19. The first-order valence-corrected chi connectivity index (χ1v) is 6.41. The first-order chi connectivity index (χ1) is 7.74. The summed E-state index contributed by atoms with van der Waals surface area (Å²) in [6.07, 6.45) is 4.51. The van der Waals surface area contributed by atoms with Crippen molar-refractivity contribution in [3.8, 4) is 0 Å². The molecule has 0 aromatic rings. The molecule has 3 nitrogen and oxygen atoms in total. The highest BCUT2D eigenvalue weighted by atomic mass is 16.5. The Kier molecular flexibility index (Phi) is 10.6. The number of hydrogen-bond donors (Lipinski definition) is 1. The van der Waals surface area contributed by atoms with Crippen molar-refractivity contribution in [3.05, 3.63) is 11.8 Å². The SMILES string of the molecule is CCO/C(C)=C/CCCN(CC)CCNC. The number of hydrogen-bond acceptors (Lipinski definition) is 3. The van der Waals surface area contributed by atoms with Crippen LogP contribution in [0.2, 0.25) is 0 Å². The van der Waals surface area contributed by atoms with Crippen LogP contribution in [0, 0.1) is 0 Å². The van der Waals surface area contributed by atoms with E-state index in [4.69, 9.17) is 4.74 Å². The summed E-state index contributed by atoms with van der Waals surface area (Å²) in [6, 6.07) is 0. The minimum absolute atomic E-state index is 0.769. The second-order valence-corrected chi connectivity index (χ2v) is 3.93. The predicted octanol–water partition coefficient (Wildman–Crippen LogP) is 2.25. The van der Waals surface area contributed by atoms with Crippen LogP contribution in [0.25, 0.3) is 0 Å². The van der Waals surface area contributed by atoms with Gasteiger partial charge in [0.15, 0.2) is 0 Å². The number of ether oxygens (including phenoxy) is 1. The van der Waals surface area contributed by atoms with Crippen molar-refractivity contribution in [2.75, 3.05) is 39.8 Å². The minimum atomic E-state index is 0.769. The molecule has 0 aliphatic carbocycles. The largest absolute Gasteiger partial charge is 0.499 e. The van der Waals surface area contributed by atoms with E-state index >= 15 is 0 Å². The van der Waals surface area contributed by atoms with Crippen LogP contribution >= 0.6 is 0 Å². The van der Waals surface area contributed by atoms with Gasteiger partial charge in [-0.3, -0.25) is 0 Å². The van der Waals surface area contributed by atoms with Crippen molar-refractivity contribution >= 4 is 0 Å². The van der Waals surface area contributed by atoms with Gasteiger partial charge in [-0.2, -0.15) is 0 Å². The van der Waals surface area contributed by atoms with E-state index in [-0.39, 0.29) is 0 Å². The van der Waals surface area contributed by atoms with E-state index < -0.39 is 0 Å². The number of allylic oxidation sites excluding steroid dienone is 2. The molecule has 0 aliphatic heterocycles. The maximum Gasteiger partial charge on any atom is 0.0888 e. The smallest absolute Gasteiger partial charge is 0.0888 e. The van der Waals surface area contributed by atoms with Crippen molar-refractivity contribution in [1.29, 1.82) is 0 Å². The van der Waals surface area contributed by atoms with Crippen molar-refractivity contribution in [2.24, 2.45) is 0 Å². The van der Waals surface area contributed by atoms with E-state index in [1.54, 1.807) is 0 Å². The third kappa shape index (κ3) is 8.74. The normalized spacial score (nSPS) is 12.2. The summed E-state index contributed by atoms with van der Waals surface area (Å²) in [6.45, 7) is 11.6. The van der Waals surface area contributed by atoms with Crippen LogP contribution in [-0.2, 0) is 4.74 Å². The molecular formula is C13H28N2O. The summed E-state index contributed by atoms with van der Waals surface area (Å²) in [5.41, 5.74) is 0. The van der Waals surface area contributed by atoms with Gasteiger partial charge in [0.1, 0.15) is 0 Å². The summed E-state index contributed by atoms with van der Waals surface area (Å²) < 4.78 is 5.38. The fourth-order valence-corrected chi connectivity index (χ4v) is 1.60. The number of unbranched alkanes of at least 4 members (excludes halogenated alkanes) is 1. The minimum Gasteiger partial charge on any atom is -0.499 e. The maximum absolute atomic E-state index is 5.38. The van der Waals surface area contributed by atoms with Crippen LogP contribution < -0.4 is 5.32 Å². The Morgan fingerprint density at radius 2 is 2.06 bits per heavy atom. The standard InChI is InChI=1S/C13H28N2O/c1-5-15(12-10-14-4)11-8-7-9-13(3)16-6-2/h9,14H,5-8,10-12H2,1-4H3/b13-9+. The van der Waals surface area contributed by atoms with Crippen LogP contribution in [-0.4, -0.2) is 44.7 Å². The van der Waals surface area contributed by atoms with Crippen LogP contribution in [0.5, 0.6) is 0 Å². The highest BCUT2D eigenvalue weighted by Crippen LogP contribution is 2.01. The van der Waals surface area contributed by atoms with E-state index in [1.807, 2.05) is 20.9 Å². The number of rotatable bonds is 10. The van der Waals surface area contributed by atoms with Gasteiger partial charge in [0.25, 0.3) is 0 Å². The zero-order valence-electron chi connectivity index (χ0n) is 11.4. The van der Waals surface area contributed by atoms with Gasteiger partial charge in [-0.15, -0.1) is 0 Å². The van der Waals surface area contributed by atoms with Gasteiger partial charge in [0.05, 0.1) is 12.4 Å². The van der Waals surface area contributed by atoms with Gasteiger partial charge >= 0.3 is 0 Å². The zero-order chi connectivity index (χ0) is 12.2. The Bertz CT molecular complexity index is 181. The molecule has 0 unspecified atom stereocenters. The van der Waals surface area contributed by atoms with Crippen LogP contribution in [0.3, 0.4) is 0 Å². The molecule has 16 heavy (non-hydrogen) atoms. The molecule has 0 aromatic carbocycles. The number of nitrogens with zero attached hydrogens (tertiary/aromatic N) is 1. The lowest BCUT2D eigenvalue weighted by Crippen LogP contribution is -2.31. The van der Waals surface area contributed by atoms with Gasteiger partial charge in [-0.05, 0) is 52.9 Å². The Hall–Kier alpha value is -0.540.